The third-order valence-electron chi connectivity index (χ3n) is 4.03. The van der Waals surface area contributed by atoms with Gasteiger partial charge in [0.05, 0.1) is 19.7 Å². The fourth-order valence-electron chi connectivity index (χ4n) is 2.57. The molecule has 0 heterocycles. The fraction of sp³-hybridized carbons (Fsp3) is 0.286. The molecule has 2 aromatic carbocycles. The van der Waals surface area contributed by atoms with Crippen LogP contribution in [0.25, 0.3) is 0 Å². The molecule has 0 saturated heterocycles. The summed E-state index contributed by atoms with van der Waals surface area (Å²) in [5, 5.41) is 7.79. The molecule has 0 aliphatic heterocycles. The lowest BCUT2D eigenvalue weighted by molar-refractivity contribution is -0.123. The van der Waals surface area contributed by atoms with E-state index < -0.39 is 5.91 Å². The van der Waals surface area contributed by atoms with Crippen LogP contribution in [-0.2, 0) is 9.59 Å². The Morgan fingerprint density at radius 2 is 1.46 bits per heavy atom. The highest BCUT2D eigenvalue weighted by Gasteiger charge is 2.11. The van der Waals surface area contributed by atoms with Gasteiger partial charge in [0.15, 0.2) is 0 Å². The van der Waals surface area contributed by atoms with Crippen LogP contribution in [0.15, 0.2) is 42.5 Å². The van der Waals surface area contributed by atoms with Crippen molar-refractivity contribution in [1.29, 1.82) is 0 Å². The average molecular weight is 383 g/mol. The zero-order valence-electron chi connectivity index (χ0n) is 16.3. The number of nitrogens with one attached hydrogen (secondary N) is 3. The number of para-hydroxylation sites is 1. The van der Waals surface area contributed by atoms with Gasteiger partial charge in [-0.1, -0.05) is 18.2 Å². The van der Waals surface area contributed by atoms with Crippen LogP contribution in [0.4, 0.5) is 5.69 Å². The Bertz CT molecular complexity index is 827. The van der Waals surface area contributed by atoms with Crippen LogP contribution in [0.5, 0.6) is 5.75 Å². The molecule has 0 unspecified atom stereocenters. The zero-order valence-corrected chi connectivity index (χ0v) is 16.3. The number of hydrogen-bond donors (Lipinski definition) is 3. The molecular weight excluding hydrogens is 358 g/mol. The lowest BCUT2D eigenvalue weighted by Gasteiger charge is -2.12. The third-order valence-corrected chi connectivity index (χ3v) is 4.03. The van der Waals surface area contributed by atoms with E-state index in [0.29, 0.717) is 17.9 Å². The van der Waals surface area contributed by atoms with Crippen LogP contribution in [0.3, 0.4) is 0 Å². The van der Waals surface area contributed by atoms with E-state index in [4.69, 9.17) is 4.74 Å². The second kappa shape index (κ2) is 10.1. The van der Waals surface area contributed by atoms with Crippen LogP contribution in [0.2, 0.25) is 0 Å². The highest BCUT2D eigenvalue weighted by atomic mass is 16.5. The third kappa shape index (κ3) is 6.12. The summed E-state index contributed by atoms with van der Waals surface area (Å²) in [6, 6.07) is 12.3. The van der Waals surface area contributed by atoms with Gasteiger partial charge in [-0.25, -0.2) is 0 Å². The molecule has 0 fully saturated rings. The molecule has 28 heavy (non-hydrogen) atoms. The van der Waals surface area contributed by atoms with Crippen molar-refractivity contribution < 1.29 is 19.1 Å². The van der Waals surface area contributed by atoms with E-state index in [0.717, 1.165) is 16.8 Å². The lowest BCUT2D eigenvalue weighted by atomic mass is 10.1. The number of ether oxygens (including phenoxy) is 1. The van der Waals surface area contributed by atoms with Gasteiger partial charge in [0.2, 0.25) is 11.8 Å². The molecule has 7 heteroatoms. The second-order valence-corrected chi connectivity index (χ2v) is 6.23. The van der Waals surface area contributed by atoms with Crippen molar-refractivity contribution in [3.8, 4) is 5.75 Å². The van der Waals surface area contributed by atoms with Gasteiger partial charge in [0.1, 0.15) is 5.75 Å². The molecule has 0 radical (unpaired) electrons. The van der Waals surface area contributed by atoms with Crippen molar-refractivity contribution in [2.24, 2.45) is 0 Å². The minimum atomic E-state index is -0.448. The first kappa shape index (κ1) is 21.0. The van der Waals surface area contributed by atoms with E-state index in [1.54, 1.807) is 24.3 Å². The number of carbonyl (C=O) groups excluding carboxylic acids is 3. The van der Waals surface area contributed by atoms with Crippen molar-refractivity contribution in [2.45, 2.75) is 20.8 Å². The van der Waals surface area contributed by atoms with Crippen LogP contribution in [-0.4, -0.2) is 37.4 Å². The first-order valence-corrected chi connectivity index (χ1v) is 9.04. The smallest absolute Gasteiger partial charge is 0.251 e. The van der Waals surface area contributed by atoms with Crippen molar-refractivity contribution in [2.75, 3.05) is 25.0 Å². The Kier molecular flexibility index (Phi) is 7.56. The molecule has 0 saturated carbocycles. The van der Waals surface area contributed by atoms with E-state index in [9.17, 15) is 14.4 Å². The second-order valence-electron chi connectivity index (χ2n) is 6.23. The average Bonchev–Trinajstić information content (AvgIpc) is 2.68. The summed E-state index contributed by atoms with van der Waals surface area (Å²) < 4.78 is 5.32. The molecule has 0 bridgehead atoms. The molecule has 0 aromatic heterocycles. The summed E-state index contributed by atoms with van der Waals surface area (Å²) >= 11 is 0. The van der Waals surface area contributed by atoms with Crippen molar-refractivity contribution in [3.63, 3.8) is 0 Å². The molecule has 0 spiro atoms. The quantitative estimate of drug-likeness (QED) is 0.651. The first-order chi connectivity index (χ1) is 13.4. The summed E-state index contributed by atoms with van der Waals surface area (Å²) in [6.07, 6.45) is 0. The lowest BCUT2D eigenvalue weighted by Crippen LogP contribution is -2.40. The van der Waals surface area contributed by atoms with Gasteiger partial charge in [-0.3, -0.25) is 14.4 Å². The number of anilines is 1. The number of amides is 3. The Labute approximate surface area is 164 Å². The summed E-state index contributed by atoms with van der Waals surface area (Å²) in [6.45, 7) is 5.83. The molecule has 0 atom stereocenters. The maximum atomic E-state index is 12.1. The Morgan fingerprint density at radius 1 is 0.857 bits per heavy atom. The molecule has 3 amide bonds. The van der Waals surface area contributed by atoms with Crippen LogP contribution in [0, 0.1) is 13.8 Å². The summed E-state index contributed by atoms with van der Waals surface area (Å²) in [7, 11) is 0. The van der Waals surface area contributed by atoms with Gasteiger partial charge in [-0.15, -0.1) is 0 Å². The van der Waals surface area contributed by atoms with Gasteiger partial charge in [0, 0.05) is 11.3 Å². The minimum absolute atomic E-state index is 0.175. The predicted octanol–water partition coefficient (Wildman–Crippen LogP) is 2.19. The SMILES string of the molecule is CCOc1ccc(C(=O)NCC(=O)NCC(=O)Nc2c(C)cccc2C)cc1. The fourth-order valence-corrected chi connectivity index (χ4v) is 2.57. The molecule has 3 N–H and O–H groups in total. The summed E-state index contributed by atoms with van der Waals surface area (Å²) in [4.78, 5) is 36.0. The maximum absolute atomic E-state index is 12.1. The Morgan fingerprint density at radius 3 is 2.07 bits per heavy atom. The van der Waals surface area contributed by atoms with Gasteiger partial charge in [0.25, 0.3) is 5.91 Å². The molecule has 0 aliphatic carbocycles. The largest absolute Gasteiger partial charge is 0.494 e. The highest BCUT2D eigenvalue weighted by molar-refractivity contribution is 5.98. The first-order valence-electron chi connectivity index (χ1n) is 9.04. The number of benzene rings is 2. The van der Waals surface area contributed by atoms with E-state index in [1.165, 1.54) is 0 Å². The van der Waals surface area contributed by atoms with Crippen LogP contribution in [0.1, 0.15) is 28.4 Å². The summed E-state index contributed by atoms with van der Waals surface area (Å²) in [5.74, 6) is -0.482. The van der Waals surface area contributed by atoms with Gasteiger partial charge in [-0.05, 0) is 56.2 Å². The Balaban J connectivity index is 1.76. The van der Waals surface area contributed by atoms with Gasteiger partial charge >= 0.3 is 0 Å². The number of hydrogen-bond acceptors (Lipinski definition) is 4. The van der Waals surface area contributed by atoms with Gasteiger partial charge < -0.3 is 20.7 Å². The number of rotatable bonds is 8. The zero-order chi connectivity index (χ0) is 20.5. The molecule has 7 nitrogen and oxygen atoms in total. The van der Waals surface area contributed by atoms with E-state index in [2.05, 4.69) is 16.0 Å². The van der Waals surface area contributed by atoms with Crippen molar-refractivity contribution >= 4 is 23.4 Å². The van der Waals surface area contributed by atoms with E-state index in [-0.39, 0.29) is 24.9 Å². The normalized spacial score (nSPS) is 10.1. The number of carbonyl (C=O) groups is 3. The number of aryl methyl sites for hydroxylation is 2. The van der Waals surface area contributed by atoms with Crippen LogP contribution >= 0.6 is 0 Å². The van der Waals surface area contributed by atoms with E-state index in [1.807, 2.05) is 39.0 Å². The Hall–Kier alpha value is -3.35. The van der Waals surface area contributed by atoms with Crippen molar-refractivity contribution in [1.82, 2.24) is 10.6 Å². The van der Waals surface area contributed by atoms with Crippen molar-refractivity contribution in [3.05, 3.63) is 59.2 Å². The monoisotopic (exact) mass is 383 g/mol. The van der Waals surface area contributed by atoms with Crippen LogP contribution < -0.4 is 20.7 Å². The molecule has 148 valence electrons. The van der Waals surface area contributed by atoms with Gasteiger partial charge in [-0.2, -0.15) is 0 Å². The molecule has 2 rings (SSSR count). The minimum Gasteiger partial charge on any atom is -0.494 e. The highest BCUT2D eigenvalue weighted by Crippen LogP contribution is 2.19. The molecule has 0 aliphatic rings. The topological polar surface area (TPSA) is 96.5 Å². The standard InChI is InChI=1S/C21H25N3O4/c1-4-28-17-10-8-16(9-11-17)21(27)23-12-18(25)22-13-19(26)24-20-14(2)6-5-7-15(20)3/h5-11H,4,12-13H2,1-3H3,(H,22,25)(H,23,27)(H,24,26). The summed E-state index contributed by atoms with van der Waals surface area (Å²) in [5.41, 5.74) is 3.05. The van der Waals surface area contributed by atoms with E-state index >= 15 is 0 Å². The molecular formula is C21H25N3O4. The predicted molar refractivity (Wildman–Crippen MR) is 107 cm³/mol. The maximum Gasteiger partial charge on any atom is 0.251 e. The molecule has 2 aromatic rings.